The Morgan fingerprint density at radius 3 is 2.58 bits per heavy atom. The summed E-state index contributed by atoms with van der Waals surface area (Å²) in [5.74, 6) is -0.455. The van der Waals surface area contributed by atoms with Crippen molar-refractivity contribution in [3.63, 3.8) is 0 Å². The predicted octanol–water partition coefficient (Wildman–Crippen LogP) is 3.40. The third-order valence-corrected chi connectivity index (χ3v) is 4.45. The fourth-order valence-electron chi connectivity index (χ4n) is 1.92. The highest BCUT2D eigenvalue weighted by molar-refractivity contribution is 7.80. The highest BCUT2D eigenvalue weighted by atomic mass is 32.1. The van der Waals surface area contributed by atoms with E-state index in [0.717, 1.165) is 6.42 Å². The van der Waals surface area contributed by atoms with Crippen molar-refractivity contribution >= 4 is 46.2 Å². The number of anilines is 1. The first kappa shape index (κ1) is 18.1. The van der Waals surface area contributed by atoms with Gasteiger partial charge in [-0.2, -0.15) is 0 Å². The van der Waals surface area contributed by atoms with E-state index in [1.165, 1.54) is 11.3 Å². The predicted molar refractivity (Wildman–Crippen MR) is 102 cm³/mol. The maximum Gasteiger partial charge on any atom is 0.267 e. The van der Waals surface area contributed by atoms with Crippen LogP contribution in [0.1, 0.15) is 40.3 Å². The number of hydrogen-bond donors (Lipinski definition) is 3. The number of hydrogen-bond acceptors (Lipinski definition) is 4. The molecule has 2 aromatic rings. The lowest BCUT2D eigenvalue weighted by atomic mass is 10.1. The van der Waals surface area contributed by atoms with E-state index in [9.17, 15) is 9.59 Å². The van der Waals surface area contributed by atoms with E-state index in [2.05, 4.69) is 16.0 Å². The molecule has 24 heavy (non-hydrogen) atoms. The zero-order chi connectivity index (χ0) is 17.5. The van der Waals surface area contributed by atoms with Gasteiger partial charge in [-0.15, -0.1) is 11.3 Å². The van der Waals surface area contributed by atoms with E-state index in [0.29, 0.717) is 16.1 Å². The van der Waals surface area contributed by atoms with Crippen LogP contribution in [0.3, 0.4) is 0 Å². The van der Waals surface area contributed by atoms with E-state index in [1.54, 1.807) is 36.4 Å². The van der Waals surface area contributed by atoms with Crippen LogP contribution in [0, 0.1) is 0 Å². The quantitative estimate of drug-likeness (QED) is 0.714. The highest BCUT2D eigenvalue weighted by Crippen LogP contribution is 2.15. The molecule has 2 amide bonds. The molecule has 0 aliphatic carbocycles. The number of thiophene rings is 1. The van der Waals surface area contributed by atoms with Gasteiger partial charge in [-0.1, -0.05) is 25.1 Å². The van der Waals surface area contributed by atoms with Crippen molar-refractivity contribution in [1.29, 1.82) is 0 Å². The van der Waals surface area contributed by atoms with E-state index in [1.807, 2.05) is 19.2 Å². The van der Waals surface area contributed by atoms with Gasteiger partial charge in [0.2, 0.25) is 0 Å². The fourth-order valence-corrected chi connectivity index (χ4v) is 2.74. The minimum Gasteiger partial charge on any atom is -0.350 e. The van der Waals surface area contributed by atoms with Gasteiger partial charge in [-0.3, -0.25) is 14.9 Å². The van der Waals surface area contributed by atoms with Crippen molar-refractivity contribution in [3.05, 3.63) is 52.2 Å². The summed E-state index contributed by atoms with van der Waals surface area (Å²) in [6.07, 6.45) is 0.844. The van der Waals surface area contributed by atoms with Crippen molar-refractivity contribution < 1.29 is 9.59 Å². The van der Waals surface area contributed by atoms with Crippen LogP contribution in [-0.4, -0.2) is 23.0 Å². The van der Waals surface area contributed by atoms with Gasteiger partial charge < -0.3 is 10.6 Å². The molecule has 0 spiro atoms. The van der Waals surface area contributed by atoms with Crippen LogP contribution in [0.15, 0.2) is 41.8 Å². The van der Waals surface area contributed by atoms with Crippen molar-refractivity contribution in [2.45, 2.75) is 26.3 Å². The Kier molecular flexibility index (Phi) is 6.45. The largest absolute Gasteiger partial charge is 0.350 e. The van der Waals surface area contributed by atoms with Crippen molar-refractivity contribution in [1.82, 2.24) is 10.6 Å². The minimum absolute atomic E-state index is 0.0797. The number of amides is 2. The van der Waals surface area contributed by atoms with Gasteiger partial charge in [-0.05, 0) is 49.1 Å². The molecule has 0 bridgehead atoms. The molecule has 5 nitrogen and oxygen atoms in total. The van der Waals surface area contributed by atoms with Gasteiger partial charge >= 0.3 is 0 Å². The number of thiocarbonyl (C=S) groups is 1. The summed E-state index contributed by atoms with van der Waals surface area (Å²) < 4.78 is 0. The lowest BCUT2D eigenvalue weighted by Gasteiger charge is -2.15. The molecule has 3 N–H and O–H groups in total. The number of para-hydroxylation sites is 1. The second-order valence-corrected chi connectivity index (χ2v) is 6.57. The Labute approximate surface area is 150 Å². The van der Waals surface area contributed by atoms with Crippen LogP contribution in [0.25, 0.3) is 0 Å². The van der Waals surface area contributed by atoms with Crippen LogP contribution in [0.4, 0.5) is 5.69 Å². The summed E-state index contributed by atoms with van der Waals surface area (Å²) in [5, 5.41) is 10.4. The first-order valence-electron chi connectivity index (χ1n) is 7.57. The number of carbonyl (C=O) groups excluding carboxylic acids is 2. The molecule has 1 heterocycles. The zero-order valence-corrected chi connectivity index (χ0v) is 15.1. The molecule has 1 aromatic heterocycles. The third kappa shape index (κ3) is 4.87. The Morgan fingerprint density at radius 2 is 1.92 bits per heavy atom. The molecule has 0 saturated carbocycles. The van der Waals surface area contributed by atoms with Crippen molar-refractivity contribution in [3.8, 4) is 0 Å². The molecule has 2 rings (SSSR count). The molecule has 0 aliphatic heterocycles. The standard InChI is InChI=1S/C17H19N3O2S2/c1-3-11(2)18-15(21)12-7-4-5-8-13(12)19-17(23)20-16(22)14-9-6-10-24-14/h4-11H,3H2,1-2H3,(H,18,21)(H2,19,20,22,23). The molecule has 1 unspecified atom stereocenters. The molecular weight excluding hydrogens is 342 g/mol. The molecule has 0 radical (unpaired) electrons. The van der Waals surface area contributed by atoms with Crippen molar-refractivity contribution in [2.75, 3.05) is 5.32 Å². The summed E-state index contributed by atoms with van der Waals surface area (Å²) in [7, 11) is 0. The summed E-state index contributed by atoms with van der Waals surface area (Å²) in [6, 6.07) is 10.6. The van der Waals surface area contributed by atoms with Gasteiger partial charge in [0.25, 0.3) is 11.8 Å². The van der Waals surface area contributed by atoms with Gasteiger partial charge in [0.15, 0.2) is 5.11 Å². The summed E-state index contributed by atoms with van der Waals surface area (Å²) in [5.41, 5.74) is 1.03. The summed E-state index contributed by atoms with van der Waals surface area (Å²) >= 11 is 6.51. The van der Waals surface area contributed by atoms with E-state index < -0.39 is 0 Å². The molecule has 0 fully saturated rings. The van der Waals surface area contributed by atoms with Gasteiger partial charge in [0.05, 0.1) is 16.1 Å². The first-order valence-corrected chi connectivity index (χ1v) is 8.85. The number of benzene rings is 1. The molecular formula is C17H19N3O2S2. The summed E-state index contributed by atoms with van der Waals surface area (Å²) in [6.45, 7) is 3.95. The van der Waals surface area contributed by atoms with Crippen LogP contribution in [0.2, 0.25) is 0 Å². The second-order valence-electron chi connectivity index (χ2n) is 5.21. The third-order valence-electron chi connectivity index (χ3n) is 3.38. The van der Waals surface area contributed by atoms with E-state index >= 15 is 0 Å². The van der Waals surface area contributed by atoms with Crippen LogP contribution in [-0.2, 0) is 0 Å². The number of rotatable bonds is 5. The molecule has 0 aliphatic rings. The smallest absolute Gasteiger partial charge is 0.267 e. The normalized spacial score (nSPS) is 11.4. The lowest BCUT2D eigenvalue weighted by Crippen LogP contribution is -2.35. The number of carbonyl (C=O) groups is 2. The van der Waals surface area contributed by atoms with Gasteiger partial charge in [0, 0.05) is 6.04 Å². The van der Waals surface area contributed by atoms with Crippen LogP contribution < -0.4 is 16.0 Å². The zero-order valence-electron chi connectivity index (χ0n) is 13.5. The maximum absolute atomic E-state index is 12.3. The first-order chi connectivity index (χ1) is 11.5. The average Bonchev–Trinajstić information content (AvgIpc) is 3.09. The Hall–Kier alpha value is -2.25. The van der Waals surface area contributed by atoms with Gasteiger partial charge in [0.1, 0.15) is 0 Å². The molecule has 126 valence electrons. The van der Waals surface area contributed by atoms with Crippen molar-refractivity contribution in [2.24, 2.45) is 0 Å². The Bertz CT molecular complexity index is 729. The molecule has 0 saturated heterocycles. The maximum atomic E-state index is 12.3. The monoisotopic (exact) mass is 361 g/mol. The topological polar surface area (TPSA) is 70.2 Å². The molecule has 1 atom stereocenters. The minimum atomic E-state index is -0.274. The fraction of sp³-hybridized carbons (Fsp3) is 0.235. The second kappa shape index (κ2) is 8.56. The Balaban J connectivity index is 2.05. The van der Waals surface area contributed by atoms with Gasteiger partial charge in [-0.25, -0.2) is 0 Å². The highest BCUT2D eigenvalue weighted by Gasteiger charge is 2.15. The number of nitrogens with one attached hydrogen (secondary N) is 3. The SMILES string of the molecule is CCC(C)NC(=O)c1ccccc1NC(=S)NC(=O)c1cccs1. The van der Waals surface area contributed by atoms with E-state index in [4.69, 9.17) is 12.2 Å². The average molecular weight is 361 g/mol. The van der Waals surface area contributed by atoms with Crippen LogP contribution >= 0.6 is 23.6 Å². The van der Waals surface area contributed by atoms with Crippen LogP contribution in [0.5, 0.6) is 0 Å². The van der Waals surface area contributed by atoms with E-state index in [-0.39, 0.29) is 23.0 Å². The molecule has 7 heteroatoms. The molecule has 1 aromatic carbocycles. The summed E-state index contributed by atoms with van der Waals surface area (Å²) in [4.78, 5) is 24.9. The Morgan fingerprint density at radius 1 is 1.17 bits per heavy atom. The lowest BCUT2D eigenvalue weighted by molar-refractivity contribution is 0.0939.